The topological polar surface area (TPSA) is 49.3 Å². The number of aromatic nitrogens is 2. The summed E-state index contributed by atoms with van der Waals surface area (Å²) >= 11 is 12.1. The van der Waals surface area contributed by atoms with Crippen LogP contribution in [0.25, 0.3) is 11.3 Å². The van der Waals surface area contributed by atoms with E-state index in [-0.39, 0.29) is 5.91 Å². The van der Waals surface area contributed by atoms with Crippen LogP contribution in [0.1, 0.15) is 10.4 Å². The Balaban J connectivity index is 1.45. The van der Waals surface area contributed by atoms with E-state index in [1.165, 1.54) is 0 Å². The van der Waals surface area contributed by atoms with Gasteiger partial charge in [0.15, 0.2) is 0 Å². The molecule has 0 aliphatic carbocycles. The second-order valence-corrected chi connectivity index (χ2v) is 7.37. The van der Waals surface area contributed by atoms with Crippen molar-refractivity contribution in [2.45, 2.75) is 0 Å². The second kappa shape index (κ2) is 8.17. The molecule has 0 spiro atoms. The molecule has 0 atom stereocenters. The van der Waals surface area contributed by atoms with Crippen LogP contribution in [0.2, 0.25) is 10.0 Å². The maximum atomic E-state index is 12.8. The highest BCUT2D eigenvalue weighted by molar-refractivity contribution is 6.36. The quantitative estimate of drug-likeness (QED) is 0.638. The molecule has 1 aromatic heterocycles. The Bertz CT molecular complexity index is 989. The van der Waals surface area contributed by atoms with Crippen molar-refractivity contribution in [1.29, 1.82) is 0 Å². The van der Waals surface area contributed by atoms with Crippen LogP contribution in [-0.2, 0) is 0 Å². The number of piperazine rings is 1. The molecule has 0 unspecified atom stereocenters. The first kappa shape index (κ1) is 18.7. The minimum Gasteiger partial charge on any atom is -0.353 e. The van der Waals surface area contributed by atoms with Crippen molar-refractivity contribution in [3.63, 3.8) is 0 Å². The minimum atomic E-state index is -0.0750. The van der Waals surface area contributed by atoms with E-state index in [2.05, 4.69) is 14.9 Å². The predicted octanol–water partition coefficient (Wildman–Crippen LogP) is 4.41. The van der Waals surface area contributed by atoms with E-state index >= 15 is 0 Å². The molecule has 28 heavy (non-hydrogen) atoms. The normalized spacial score (nSPS) is 14.2. The third-order valence-electron chi connectivity index (χ3n) is 4.77. The molecule has 1 amide bonds. The number of amides is 1. The summed E-state index contributed by atoms with van der Waals surface area (Å²) in [5, 5.41) is 0.896. The maximum absolute atomic E-state index is 12.8. The Morgan fingerprint density at radius 3 is 2.36 bits per heavy atom. The maximum Gasteiger partial charge on any atom is 0.255 e. The molecule has 1 aliphatic heterocycles. The van der Waals surface area contributed by atoms with E-state index in [9.17, 15) is 4.79 Å². The zero-order valence-corrected chi connectivity index (χ0v) is 16.6. The van der Waals surface area contributed by atoms with E-state index < -0.39 is 0 Å². The number of halogens is 2. The van der Waals surface area contributed by atoms with Gasteiger partial charge in [-0.1, -0.05) is 53.5 Å². The summed E-state index contributed by atoms with van der Waals surface area (Å²) in [5.74, 6) is 0.791. The van der Waals surface area contributed by atoms with Crippen molar-refractivity contribution in [3.05, 3.63) is 76.5 Å². The summed E-state index contributed by atoms with van der Waals surface area (Å²) in [6, 6.07) is 17.0. The number of hydrogen-bond donors (Lipinski definition) is 0. The smallest absolute Gasteiger partial charge is 0.255 e. The molecule has 0 N–H and O–H groups in total. The third kappa shape index (κ3) is 3.96. The molecule has 0 saturated carbocycles. The fourth-order valence-corrected chi connectivity index (χ4v) is 3.75. The van der Waals surface area contributed by atoms with Gasteiger partial charge in [-0.2, -0.15) is 0 Å². The highest BCUT2D eigenvalue weighted by Crippen LogP contribution is 2.24. The first-order chi connectivity index (χ1) is 13.6. The molecule has 2 aromatic carbocycles. The lowest BCUT2D eigenvalue weighted by Crippen LogP contribution is -2.49. The van der Waals surface area contributed by atoms with Crippen LogP contribution in [0.3, 0.4) is 0 Å². The number of benzene rings is 2. The molecule has 4 rings (SSSR count). The molecule has 1 aliphatic rings. The number of hydrogen-bond acceptors (Lipinski definition) is 4. The van der Waals surface area contributed by atoms with Gasteiger partial charge in [-0.15, -0.1) is 0 Å². The van der Waals surface area contributed by atoms with Gasteiger partial charge in [-0.25, -0.2) is 9.97 Å². The Hall–Kier alpha value is -2.63. The molecule has 7 heteroatoms. The Kier molecular flexibility index (Phi) is 5.46. The average molecular weight is 413 g/mol. The molecule has 2 heterocycles. The summed E-state index contributed by atoms with van der Waals surface area (Å²) in [7, 11) is 0. The SMILES string of the molecule is O=C(c1ccc(Cl)cc1Cl)N1CCN(c2cc(-c3ccccc3)ncn2)CC1. The monoisotopic (exact) mass is 412 g/mol. The molecule has 142 valence electrons. The molecule has 1 fully saturated rings. The van der Waals surface area contributed by atoms with E-state index in [0.29, 0.717) is 41.8 Å². The number of carbonyl (C=O) groups excluding carboxylic acids is 1. The van der Waals surface area contributed by atoms with Crippen LogP contribution in [0.5, 0.6) is 0 Å². The van der Waals surface area contributed by atoms with Crippen molar-refractivity contribution in [2.24, 2.45) is 0 Å². The molecule has 0 radical (unpaired) electrons. The van der Waals surface area contributed by atoms with Crippen LogP contribution in [0.4, 0.5) is 5.82 Å². The van der Waals surface area contributed by atoms with Gasteiger partial charge in [0, 0.05) is 42.8 Å². The van der Waals surface area contributed by atoms with Gasteiger partial charge in [0.25, 0.3) is 5.91 Å². The van der Waals surface area contributed by atoms with Crippen molar-refractivity contribution in [1.82, 2.24) is 14.9 Å². The van der Waals surface area contributed by atoms with Crippen molar-refractivity contribution < 1.29 is 4.79 Å². The second-order valence-electron chi connectivity index (χ2n) is 6.53. The number of rotatable bonds is 3. The van der Waals surface area contributed by atoms with Gasteiger partial charge in [0.05, 0.1) is 16.3 Å². The fraction of sp³-hybridized carbons (Fsp3) is 0.190. The zero-order valence-electron chi connectivity index (χ0n) is 15.1. The molecule has 0 bridgehead atoms. The highest BCUT2D eigenvalue weighted by atomic mass is 35.5. The molecule has 5 nitrogen and oxygen atoms in total. The fourth-order valence-electron chi connectivity index (χ4n) is 3.26. The van der Waals surface area contributed by atoms with Gasteiger partial charge in [0.1, 0.15) is 12.1 Å². The first-order valence-electron chi connectivity index (χ1n) is 8.98. The Labute approximate surface area is 173 Å². The average Bonchev–Trinajstić information content (AvgIpc) is 2.74. The van der Waals surface area contributed by atoms with Crippen LogP contribution in [-0.4, -0.2) is 47.0 Å². The predicted molar refractivity (Wildman–Crippen MR) is 112 cm³/mol. The van der Waals surface area contributed by atoms with E-state index in [0.717, 1.165) is 17.1 Å². The summed E-state index contributed by atoms with van der Waals surface area (Å²) in [6.45, 7) is 2.59. The summed E-state index contributed by atoms with van der Waals surface area (Å²) in [6.07, 6.45) is 1.59. The lowest BCUT2D eigenvalue weighted by Gasteiger charge is -2.35. The van der Waals surface area contributed by atoms with Crippen molar-refractivity contribution >= 4 is 34.9 Å². The van der Waals surface area contributed by atoms with Gasteiger partial charge in [-0.3, -0.25) is 4.79 Å². The van der Waals surface area contributed by atoms with E-state index in [4.69, 9.17) is 23.2 Å². The number of nitrogens with zero attached hydrogens (tertiary/aromatic N) is 4. The van der Waals surface area contributed by atoms with Crippen LogP contribution < -0.4 is 4.90 Å². The minimum absolute atomic E-state index is 0.0750. The van der Waals surface area contributed by atoms with E-state index in [1.54, 1.807) is 24.5 Å². The van der Waals surface area contributed by atoms with Crippen molar-refractivity contribution in [3.8, 4) is 11.3 Å². The van der Waals surface area contributed by atoms with Gasteiger partial charge in [0.2, 0.25) is 0 Å². The molecule has 3 aromatic rings. The summed E-state index contributed by atoms with van der Waals surface area (Å²) in [5.41, 5.74) is 2.42. The van der Waals surface area contributed by atoms with Gasteiger partial charge < -0.3 is 9.80 Å². The van der Waals surface area contributed by atoms with Crippen LogP contribution in [0.15, 0.2) is 60.9 Å². The van der Waals surface area contributed by atoms with E-state index in [1.807, 2.05) is 41.3 Å². The highest BCUT2D eigenvalue weighted by Gasteiger charge is 2.24. The lowest BCUT2D eigenvalue weighted by molar-refractivity contribution is 0.0746. The molecular weight excluding hydrogens is 395 g/mol. The Morgan fingerprint density at radius 1 is 0.893 bits per heavy atom. The van der Waals surface area contributed by atoms with Crippen LogP contribution in [0, 0.1) is 0 Å². The van der Waals surface area contributed by atoms with Crippen molar-refractivity contribution in [2.75, 3.05) is 31.1 Å². The molecule has 1 saturated heterocycles. The number of anilines is 1. The van der Waals surface area contributed by atoms with Crippen LogP contribution >= 0.6 is 23.2 Å². The first-order valence-corrected chi connectivity index (χ1v) is 9.74. The van der Waals surface area contributed by atoms with Gasteiger partial charge in [-0.05, 0) is 18.2 Å². The Morgan fingerprint density at radius 2 is 1.64 bits per heavy atom. The third-order valence-corrected chi connectivity index (χ3v) is 5.32. The lowest BCUT2D eigenvalue weighted by atomic mass is 10.1. The summed E-state index contributed by atoms with van der Waals surface area (Å²) in [4.78, 5) is 25.5. The van der Waals surface area contributed by atoms with Gasteiger partial charge >= 0.3 is 0 Å². The molecular formula is C21H18Cl2N4O. The summed E-state index contributed by atoms with van der Waals surface area (Å²) < 4.78 is 0. The standard InChI is InChI=1S/C21H18Cl2N4O/c22-16-6-7-17(18(23)12-16)21(28)27-10-8-26(9-11-27)20-13-19(24-14-25-20)15-4-2-1-3-5-15/h1-7,12-14H,8-11H2. The largest absolute Gasteiger partial charge is 0.353 e. The zero-order chi connectivity index (χ0) is 19.5. The number of carbonyl (C=O) groups is 1.